The van der Waals surface area contributed by atoms with Crippen molar-refractivity contribution in [3.63, 3.8) is 0 Å². The number of aliphatic hydroxyl groups excluding tert-OH is 2. The van der Waals surface area contributed by atoms with E-state index in [1.165, 1.54) is 0 Å². The van der Waals surface area contributed by atoms with E-state index in [0.717, 1.165) is 0 Å². The van der Waals surface area contributed by atoms with E-state index >= 15 is 0 Å². The molecule has 2 atom stereocenters. The Hall–Kier alpha value is -0.0800. The van der Waals surface area contributed by atoms with Gasteiger partial charge in [-0.3, -0.25) is 0 Å². The fourth-order valence-corrected chi connectivity index (χ4v) is 0.680. The van der Waals surface area contributed by atoms with E-state index in [1.807, 2.05) is 13.8 Å². The van der Waals surface area contributed by atoms with Crippen molar-refractivity contribution in [3.05, 3.63) is 0 Å². The first-order chi connectivity index (χ1) is 4.04. The van der Waals surface area contributed by atoms with Crippen molar-refractivity contribution in [1.29, 1.82) is 0 Å². The average molecular weight is 132 g/mol. The van der Waals surface area contributed by atoms with Crippen LogP contribution in [0.1, 0.15) is 27.2 Å². The molecule has 0 aromatic carbocycles. The van der Waals surface area contributed by atoms with Crippen LogP contribution in [0, 0.1) is 5.92 Å². The van der Waals surface area contributed by atoms with Crippen LogP contribution in [0.3, 0.4) is 0 Å². The molecule has 0 heterocycles. The summed E-state index contributed by atoms with van der Waals surface area (Å²) in [5.74, 6) is 0.453. The van der Waals surface area contributed by atoms with Gasteiger partial charge in [0.15, 0.2) is 0 Å². The molecule has 0 bridgehead atoms. The van der Waals surface area contributed by atoms with Crippen LogP contribution in [0.5, 0.6) is 0 Å². The number of aliphatic hydroxyl groups is 2. The summed E-state index contributed by atoms with van der Waals surface area (Å²) < 4.78 is 0. The predicted octanol–water partition coefficient (Wildman–Crippen LogP) is 0.774. The zero-order chi connectivity index (χ0) is 7.44. The standard InChI is InChI=1S/C7H16O2/c1-5(2)4-7(9)6(3)8/h5-9H,4H2,1-3H3/t6?,7-/m1/s1. The molecular formula is C7H16O2. The molecule has 2 N–H and O–H groups in total. The lowest BCUT2D eigenvalue weighted by Crippen LogP contribution is -2.23. The van der Waals surface area contributed by atoms with Gasteiger partial charge in [-0.15, -0.1) is 0 Å². The summed E-state index contributed by atoms with van der Waals surface area (Å²) in [5.41, 5.74) is 0. The van der Waals surface area contributed by atoms with E-state index in [1.54, 1.807) is 6.92 Å². The quantitative estimate of drug-likeness (QED) is 0.595. The van der Waals surface area contributed by atoms with E-state index in [2.05, 4.69) is 0 Å². The minimum absolute atomic E-state index is 0.453. The molecule has 9 heavy (non-hydrogen) atoms. The van der Waals surface area contributed by atoms with Crippen LogP contribution >= 0.6 is 0 Å². The average Bonchev–Trinajstić information content (AvgIpc) is 1.63. The Kier molecular flexibility index (Phi) is 3.82. The highest BCUT2D eigenvalue weighted by Crippen LogP contribution is 2.06. The first-order valence-corrected chi connectivity index (χ1v) is 3.40. The maximum atomic E-state index is 9.05. The molecule has 2 heteroatoms. The monoisotopic (exact) mass is 132 g/mol. The summed E-state index contributed by atoms with van der Waals surface area (Å²) in [6.45, 7) is 5.64. The van der Waals surface area contributed by atoms with Gasteiger partial charge in [0.2, 0.25) is 0 Å². The molecule has 0 saturated heterocycles. The highest BCUT2D eigenvalue weighted by molar-refractivity contribution is 4.63. The number of hydrogen-bond acceptors (Lipinski definition) is 2. The van der Waals surface area contributed by atoms with Crippen molar-refractivity contribution in [2.75, 3.05) is 0 Å². The first kappa shape index (κ1) is 8.92. The summed E-state index contributed by atoms with van der Waals surface area (Å²) in [6, 6.07) is 0. The van der Waals surface area contributed by atoms with Crippen molar-refractivity contribution in [2.45, 2.75) is 39.4 Å². The third kappa shape index (κ3) is 4.43. The van der Waals surface area contributed by atoms with E-state index in [-0.39, 0.29) is 0 Å². The zero-order valence-electron chi connectivity index (χ0n) is 6.33. The molecule has 0 amide bonds. The van der Waals surface area contributed by atoms with Gasteiger partial charge in [-0.25, -0.2) is 0 Å². The third-order valence-corrected chi connectivity index (χ3v) is 1.27. The third-order valence-electron chi connectivity index (χ3n) is 1.27. The molecular weight excluding hydrogens is 116 g/mol. The van der Waals surface area contributed by atoms with Crippen molar-refractivity contribution >= 4 is 0 Å². The lowest BCUT2D eigenvalue weighted by Gasteiger charge is -2.14. The van der Waals surface area contributed by atoms with Gasteiger partial charge >= 0.3 is 0 Å². The Morgan fingerprint density at radius 1 is 1.11 bits per heavy atom. The molecule has 0 aromatic heterocycles. The Morgan fingerprint density at radius 2 is 1.56 bits per heavy atom. The highest BCUT2D eigenvalue weighted by atomic mass is 16.3. The van der Waals surface area contributed by atoms with Crippen molar-refractivity contribution < 1.29 is 10.2 Å². The lowest BCUT2D eigenvalue weighted by atomic mass is 10.0. The highest BCUT2D eigenvalue weighted by Gasteiger charge is 2.11. The van der Waals surface area contributed by atoms with Gasteiger partial charge in [0.1, 0.15) is 0 Å². The largest absolute Gasteiger partial charge is 0.391 e. The second kappa shape index (κ2) is 3.85. The van der Waals surface area contributed by atoms with Gasteiger partial charge in [0.25, 0.3) is 0 Å². The van der Waals surface area contributed by atoms with Crippen LogP contribution in [0.4, 0.5) is 0 Å². The molecule has 1 unspecified atom stereocenters. The van der Waals surface area contributed by atoms with Gasteiger partial charge in [-0.05, 0) is 19.3 Å². The summed E-state index contributed by atoms with van der Waals surface area (Å²) in [4.78, 5) is 0. The molecule has 56 valence electrons. The fourth-order valence-electron chi connectivity index (χ4n) is 0.680. The van der Waals surface area contributed by atoms with Gasteiger partial charge in [0.05, 0.1) is 12.2 Å². The van der Waals surface area contributed by atoms with Crippen molar-refractivity contribution in [1.82, 2.24) is 0 Å². The smallest absolute Gasteiger partial charge is 0.0798 e. The van der Waals surface area contributed by atoms with Gasteiger partial charge in [0, 0.05) is 0 Å². The summed E-state index contributed by atoms with van der Waals surface area (Å²) >= 11 is 0. The lowest BCUT2D eigenvalue weighted by molar-refractivity contribution is 0.0188. The molecule has 2 nitrogen and oxygen atoms in total. The second-order valence-corrected chi connectivity index (χ2v) is 2.94. The Labute approximate surface area is 56.5 Å². The Balaban J connectivity index is 3.38. The van der Waals surface area contributed by atoms with Gasteiger partial charge in [-0.2, -0.15) is 0 Å². The molecule has 0 fully saturated rings. The molecule has 0 spiro atoms. The molecule has 0 aliphatic carbocycles. The summed E-state index contributed by atoms with van der Waals surface area (Å²) in [5, 5.41) is 17.9. The zero-order valence-corrected chi connectivity index (χ0v) is 6.33. The predicted molar refractivity (Wildman–Crippen MR) is 37.1 cm³/mol. The van der Waals surface area contributed by atoms with Crippen LogP contribution in [0.15, 0.2) is 0 Å². The minimum Gasteiger partial charge on any atom is -0.391 e. The number of hydrogen-bond donors (Lipinski definition) is 2. The summed E-state index contributed by atoms with van der Waals surface area (Å²) in [6.07, 6.45) is -0.463. The molecule has 0 rings (SSSR count). The Bertz CT molecular complexity index is 69.3. The SMILES string of the molecule is CC(C)C[C@@H](O)C(C)O. The molecule has 0 saturated carbocycles. The fraction of sp³-hybridized carbons (Fsp3) is 1.00. The van der Waals surface area contributed by atoms with Crippen LogP contribution < -0.4 is 0 Å². The van der Waals surface area contributed by atoms with Crippen molar-refractivity contribution in [2.24, 2.45) is 5.92 Å². The van der Waals surface area contributed by atoms with Crippen LogP contribution in [-0.4, -0.2) is 22.4 Å². The normalized spacial score (nSPS) is 18.0. The molecule has 0 aromatic rings. The topological polar surface area (TPSA) is 40.5 Å². The maximum Gasteiger partial charge on any atom is 0.0798 e. The second-order valence-electron chi connectivity index (χ2n) is 2.94. The molecule has 0 aliphatic heterocycles. The molecule has 0 aliphatic rings. The molecule has 0 radical (unpaired) electrons. The van der Waals surface area contributed by atoms with E-state index in [0.29, 0.717) is 12.3 Å². The van der Waals surface area contributed by atoms with Gasteiger partial charge < -0.3 is 10.2 Å². The number of rotatable bonds is 3. The van der Waals surface area contributed by atoms with Gasteiger partial charge in [-0.1, -0.05) is 13.8 Å². The first-order valence-electron chi connectivity index (χ1n) is 3.40. The Morgan fingerprint density at radius 3 is 1.67 bits per heavy atom. The van der Waals surface area contributed by atoms with E-state index in [9.17, 15) is 0 Å². The van der Waals surface area contributed by atoms with E-state index in [4.69, 9.17) is 10.2 Å². The van der Waals surface area contributed by atoms with Crippen molar-refractivity contribution in [3.8, 4) is 0 Å². The van der Waals surface area contributed by atoms with Crippen LogP contribution in [0.2, 0.25) is 0 Å². The summed E-state index contributed by atoms with van der Waals surface area (Å²) in [7, 11) is 0. The van der Waals surface area contributed by atoms with Crippen LogP contribution in [-0.2, 0) is 0 Å². The maximum absolute atomic E-state index is 9.05. The van der Waals surface area contributed by atoms with E-state index < -0.39 is 12.2 Å². The minimum atomic E-state index is -0.590. The van der Waals surface area contributed by atoms with Crippen LogP contribution in [0.25, 0.3) is 0 Å².